The van der Waals surface area contributed by atoms with Crippen LogP contribution in [0.2, 0.25) is 0 Å². The minimum atomic E-state index is -0.101. The molecule has 0 amide bonds. The molecule has 18 heavy (non-hydrogen) atoms. The van der Waals surface area contributed by atoms with Crippen molar-refractivity contribution in [3.05, 3.63) is 29.6 Å². The number of nitrogens with two attached hydrogens (primary N) is 1. The van der Waals surface area contributed by atoms with E-state index >= 15 is 0 Å². The van der Waals surface area contributed by atoms with Gasteiger partial charge in [-0.25, -0.2) is 4.39 Å². The van der Waals surface area contributed by atoms with Crippen molar-refractivity contribution < 1.29 is 4.39 Å². The number of piperidine rings is 1. The molecule has 1 saturated heterocycles. The van der Waals surface area contributed by atoms with Crippen molar-refractivity contribution in [3.8, 4) is 0 Å². The minimum Gasteiger partial charge on any atom is -0.369 e. The minimum absolute atomic E-state index is 0.101. The van der Waals surface area contributed by atoms with Gasteiger partial charge in [-0.15, -0.1) is 0 Å². The van der Waals surface area contributed by atoms with E-state index in [-0.39, 0.29) is 5.82 Å². The van der Waals surface area contributed by atoms with Gasteiger partial charge in [0.15, 0.2) is 0 Å². The highest BCUT2D eigenvalue weighted by Crippen LogP contribution is 2.27. The maximum atomic E-state index is 14.1. The second kappa shape index (κ2) is 6.19. The Morgan fingerprint density at radius 1 is 1.33 bits per heavy atom. The van der Waals surface area contributed by atoms with Gasteiger partial charge in [-0.3, -0.25) is 0 Å². The molecule has 0 bridgehead atoms. The van der Waals surface area contributed by atoms with Gasteiger partial charge in [-0.2, -0.15) is 0 Å². The summed E-state index contributed by atoms with van der Waals surface area (Å²) in [7, 11) is 0. The molecule has 0 spiro atoms. The first-order valence-electron chi connectivity index (χ1n) is 6.98. The van der Waals surface area contributed by atoms with Gasteiger partial charge >= 0.3 is 0 Å². The van der Waals surface area contributed by atoms with E-state index in [0.29, 0.717) is 6.54 Å². The maximum Gasteiger partial charge on any atom is 0.146 e. The molecule has 2 nitrogen and oxygen atoms in total. The topological polar surface area (TPSA) is 29.3 Å². The van der Waals surface area contributed by atoms with Crippen LogP contribution in [0.25, 0.3) is 0 Å². The molecule has 2 N–H and O–H groups in total. The zero-order chi connectivity index (χ0) is 13.0. The van der Waals surface area contributed by atoms with Gasteiger partial charge < -0.3 is 10.6 Å². The van der Waals surface area contributed by atoms with E-state index in [4.69, 9.17) is 5.73 Å². The van der Waals surface area contributed by atoms with Crippen LogP contribution in [0.15, 0.2) is 18.2 Å². The van der Waals surface area contributed by atoms with E-state index in [1.165, 1.54) is 19.3 Å². The molecule has 1 aliphatic rings. The zero-order valence-corrected chi connectivity index (χ0v) is 11.2. The second-order valence-electron chi connectivity index (χ2n) is 5.16. The Kier molecular flexibility index (Phi) is 4.59. The van der Waals surface area contributed by atoms with Gasteiger partial charge in [0.05, 0.1) is 5.69 Å². The van der Waals surface area contributed by atoms with Crippen LogP contribution >= 0.6 is 0 Å². The average molecular weight is 250 g/mol. The fraction of sp³-hybridized carbons (Fsp3) is 0.600. The Morgan fingerprint density at radius 2 is 2.06 bits per heavy atom. The van der Waals surface area contributed by atoms with Crippen LogP contribution in [0.4, 0.5) is 10.1 Å². The summed E-state index contributed by atoms with van der Waals surface area (Å²) in [4.78, 5) is 2.17. The molecule has 2 rings (SSSR count). The average Bonchev–Trinajstić information content (AvgIpc) is 2.40. The van der Waals surface area contributed by atoms with Crippen LogP contribution in [-0.2, 0) is 6.42 Å². The number of nitrogens with zero attached hydrogens (tertiary/aromatic N) is 1. The summed E-state index contributed by atoms with van der Waals surface area (Å²) in [6.07, 6.45) is 4.35. The van der Waals surface area contributed by atoms with Gasteiger partial charge in [0.2, 0.25) is 0 Å². The summed E-state index contributed by atoms with van der Waals surface area (Å²) in [5.41, 5.74) is 7.23. The monoisotopic (exact) mass is 250 g/mol. The summed E-state index contributed by atoms with van der Waals surface area (Å²) in [6.45, 7) is 4.76. The molecule has 100 valence electrons. The van der Waals surface area contributed by atoms with Crippen LogP contribution in [0.3, 0.4) is 0 Å². The normalized spacial score (nSPS) is 17.2. The number of hydrogen-bond donors (Lipinski definition) is 1. The standard InChI is InChI=1S/C15H23FN2/c1-2-12-6-9-18(10-7-12)15-4-3-13(5-8-17)11-14(15)16/h3-4,11-12H,2,5-10,17H2,1H3. The lowest BCUT2D eigenvalue weighted by Crippen LogP contribution is -2.34. The number of halogens is 1. The third-order valence-electron chi connectivity index (χ3n) is 3.98. The Morgan fingerprint density at radius 3 is 2.61 bits per heavy atom. The van der Waals surface area contributed by atoms with Crippen molar-refractivity contribution >= 4 is 5.69 Å². The lowest BCUT2D eigenvalue weighted by atomic mass is 9.94. The summed E-state index contributed by atoms with van der Waals surface area (Å²) in [6, 6.07) is 5.54. The lowest BCUT2D eigenvalue weighted by Gasteiger charge is -2.33. The van der Waals surface area contributed by atoms with Crippen molar-refractivity contribution in [1.29, 1.82) is 0 Å². The highest BCUT2D eigenvalue weighted by molar-refractivity contribution is 5.49. The Bertz CT molecular complexity index is 384. The highest BCUT2D eigenvalue weighted by atomic mass is 19.1. The highest BCUT2D eigenvalue weighted by Gasteiger charge is 2.20. The van der Waals surface area contributed by atoms with E-state index in [0.717, 1.165) is 36.7 Å². The van der Waals surface area contributed by atoms with E-state index < -0.39 is 0 Å². The molecular weight excluding hydrogens is 227 g/mol. The first-order valence-corrected chi connectivity index (χ1v) is 6.98. The molecule has 3 heteroatoms. The smallest absolute Gasteiger partial charge is 0.146 e. The summed E-state index contributed by atoms with van der Waals surface area (Å²) in [5, 5.41) is 0. The van der Waals surface area contributed by atoms with Crippen molar-refractivity contribution in [2.45, 2.75) is 32.6 Å². The first kappa shape index (κ1) is 13.3. The largest absolute Gasteiger partial charge is 0.369 e. The lowest BCUT2D eigenvalue weighted by molar-refractivity contribution is 0.392. The Hall–Kier alpha value is -1.09. The predicted molar refractivity (Wildman–Crippen MR) is 74.4 cm³/mol. The zero-order valence-electron chi connectivity index (χ0n) is 11.2. The molecule has 0 radical (unpaired) electrons. The van der Waals surface area contributed by atoms with Crippen LogP contribution in [0.1, 0.15) is 31.7 Å². The van der Waals surface area contributed by atoms with Crippen molar-refractivity contribution in [1.82, 2.24) is 0 Å². The Labute approximate surface area is 109 Å². The number of benzene rings is 1. The summed E-state index contributed by atoms with van der Waals surface area (Å²) < 4.78 is 14.1. The van der Waals surface area contributed by atoms with Crippen LogP contribution in [0, 0.1) is 11.7 Å². The van der Waals surface area contributed by atoms with E-state index in [9.17, 15) is 4.39 Å². The fourth-order valence-electron chi connectivity index (χ4n) is 2.71. The molecule has 1 aromatic carbocycles. The van der Waals surface area contributed by atoms with E-state index in [1.54, 1.807) is 6.07 Å². The predicted octanol–water partition coefficient (Wildman–Crippen LogP) is 2.95. The van der Waals surface area contributed by atoms with Gasteiger partial charge in [0.1, 0.15) is 5.82 Å². The van der Waals surface area contributed by atoms with Gasteiger partial charge in [0.25, 0.3) is 0 Å². The summed E-state index contributed by atoms with van der Waals surface area (Å²) in [5.74, 6) is 0.719. The number of rotatable bonds is 4. The van der Waals surface area contributed by atoms with Crippen LogP contribution in [0.5, 0.6) is 0 Å². The van der Waals surface area contributed by atoms with Crippen LogP contribution < -0.4 is 10.6 Å². The molecule has 1 aliphatic heterocycles. The Balaban J connectivity index is 2.05. The third-order valence-corrected chi connectivity index (χ3v) is 3.98. The van der Waals surface area contributed by atoms with Crippen molar-refractivity contribution in [3.63, 3.8) is 0 Å². The maximum absolute atomic E-state index is 14.1. The first-order chi connectivity index (χ1) is 8.74. The van der Waals surface area contributed by atoms with Gasteiger partial charge in [-0.1, -0.05) is 19.4 Å². The number of hydrogen-bond acceptors (Lipinski definition) is 2. The molecule has 0 atom stereocenters. The van der Waals surface area contributed by atoms with Gasteiger partial charge in [-0.05, 0) is 49.4 Å². The van der Waals surface area contributed by atoms with Crippen molar-refractivity contribution in [2.75, 3.05) is 24.5 Å². The quantitative estimate of drug-likeness (QED) is 0.890. The molecule has 1 heterocycles. The van der Waals surface area contributed by atoms with E-state index in [1.807, 2.05) is 12.1 Å². The molecule has 1 fully saturated rings. The molecule has 0 unspecified atom stereocenters. The van der Waals surface area contributed by atoms with Crippen molar-refractivity contribution in [2.24, 2.45) is 11.7 Å². The number of anilines is 1. The molecule has 1 aromatic rings. The molecule has 0 aliphatic carbocycles. The van der Waals surface area contributed by atoms with Crippen LogP contribution in [-0.4, -0.2) is 19.6 Å². The van der Waals surface area contributed by atoms with Gasteiger partial charge in [0, 0.05) is 13.1 Å². The molecule has 0 aromatic heterocycles. The molecule has 0 saturated carbocycles. The third kappa shape index (κ3) is 3.02. The SMILES string of the molecule is CCC1CCN(c2ccc(CCN)cc2F)CC1. The molecular formula is C15H23FN2. The summed E-state index contributed by atoms with van der Waals surface area (Å²) >= 11 is 0. The fourth-order valence-corrected chi connectivity index (χ4v) is 2.71. The second-order valence-corrected chi connectivity index (χ2v) is 5.16. The van der Waals surface area contributed by atoms with E-state index in [2.05, 4.69) is 11.8 Å².